The molecule has 0 aliphatic heterocycles. The highest BCUT2D eigenvalue weighted by molar-refractivity contribution is 7.99. The van der Waals surface area contributed by atoms with Crippen molar-refractivity contribution >= 4 is 22.9 Å². The Morgan fingerprint density at radius 3 is 3.00 bits per heavy atom. The van der Waals surface area contributed by atoms with Crippen LogP contribution in [0, 0.1) is 0 Å². The van der Waals surface area contributed by atoms with Crippen LogP contribution in [0.4, 0.5) is 0 Å². The fraction of sp³-hybridized carbons (Fsp3) is 0.364. The van der Waals surface area contributed by atoms with Gasteiger partial charge in [0, 0.05) is 11.8 Å². The lowest BCUT2D eigenvalue weighted by Crippen LogP contribution is -2.17. The zero-order chi connectivity index (χ0) is 10.7. The van der Waals surface area contributed by atoms with Gasteiger partial charge in [0.2, 0.25) is 0 Å². The third-order valence-electron chi connectivity index (χ3n) is 2.07. The van der Waals surface area contributed by atoms with Gasteiger partial charge in [-0.1, -0.05) is 30.8 Å². The van der Waals surface area contributed by atoms with Crippen molar-refractivity contribution in [2.45, 2.75) is 17.4 Å². The minimum Gasteiger partial charge on any atom is -0.431 e. The van der Waals surface area contributed by atoms with E-state index in [0.717, 1.165) is 22.9 Å². The fourth-order valence-electron chi connectivity index (χ4n) is 1.40. The van der Waals surface area contributed by atoms with Gasteiger partial charge in [-0.25, -0.2) is 4.98 Å². The number of hydrogen-bond acceptors (Lipinski definition) is 4. The van der Waals surface area contributed by atoms with Gasteiger partial charge in [0.25, 0.3) is 5.22 Å². The number of nitrogens with zero attached hydrogens (tertiary/aromatic N) is 1. The lowest BCUT2D eigenvalue weighted by atomic mass is 10.3. The molecule has 0 spiro atoms. The summed E-state index contributed by atoms with van der Waals surface area (Å²) in [5, 5.41) is 4.34. The maximum atomic E-state index is 5.61. The summed E-state index contributed by atoms with van der Waals surface area (Å²) in [5.41, 5.74) is 1.79. The Morgan fingerprint density at radius 1 is 1.47 bits per heavy atom. The second kappa shape index (κ2) is 4.68. The van der Waals surface area contributed by atoms with Gasteiger partial charge < -0.3 is 9.73 Å². The van der Waals surface area contributed by atoms with Gasteiger partial charge in [0.05, 0.1) is 0 Å². The van der Waals surface area contributed by atoms with Crippen molar-refractivity contribution in [3.05, 3.63) is 24.3 Å². The van der Waals surface area contributed by atoms with Crippen molar-refractivity contribution in [2.24, 2.45) is 0 Å². The number of para-hydroxylation sites is 2. The van der Waals surface area contributed by atoms with E-state index in [1.165, 1.54) is 0 Å². The van der Waals surface area contributed by atoms with Gasteiger partial charge in [0.15, 0.2) is 5.58 Å². The van der Waals surface area contributed by atoms with Crippen molar-refractivity contribution in [3.8, 4) is 0 Å². The molecule has 2 rings (SSSR count). The largest absolute Gasteiger partial charge is 0.431 e. The summed E-state index contributed by atoms with van der Waals surface area (Å²) >= 11 is 1.65. The van der Waals surface area contributed by atoms with E-state index in [9.17, 15) is 0 Å². The average Bonchev–Trinajstić information content (AvgIpc) is 2.59. The van der Waals surface area contributed by atoms with E-state index < -0.39 is 0 Å². The first-order chi connectivity index (χ1) is 7.29. The number of benzene rings is 1. The van der Waals surface area contributed by atoms with Gasteiger partial charge in [-0.3, -0.25) is 0 Å². The van der Waals surface area contributed by atoms with Gasteiger partial charge >= 0.3 is 0 Å². The SMILES string of the molecule is CNCC(C)Sc1nc2ccccc2o1. The van der Waals surface area contributed by atoms with E-state index in [1.807, 2.05) is 31.3 Å². The monoisotopic (exact) mass is 222 g/mol. The highest BCUT2D eigenvalue weighted by Crippen LogP contribution is 2.25. The van der Waals surface area contributed by atoms with E-state index in [1.54, 1.807) is 11.8 Å². The standard InChI is InChI=1S/C11H14N2OS/c1-8(7-12-2)15-11-13-9-5-3-4-6-10(9)14-11/h3-6,8,12H,7H2,1-2H3. The Kier molecular flexibility index (Phi) is 3.28. The molecule has 0 bridgehead atoms. The smallest absolute Gasteiger partial charge is 0.257 e. The summed E-state index contributed by atoms with van der Waals surface area (Å²) in [6.07, 6.45) is 0. The number of aromatic nitrogens is 1. The molecule has 1 aromatic carbocycles. The Labute approximate surface area is 93.3 Å². The van der Waals surface area contributed by atoms with E-state index in [-0.39, 0.29) is 0 Å². The molecule has 2 aromatic rings. The van der Waals surface area contributed by atoms with Crippen LogP contribution in [0.1, 0.15) is 6.92 Å². The maximum Gasteiger partial charge on any atom is 0.257 e. The molecule has 0 aliphatic carbocycles. The van der Waals surface area contributed by atoms with E-state index in [2.05, 4.69) is 17.2 Å². The molecule has 3 nitrogen and oxygen atoms in total. The van der Waals surface area contributed by atoms with E-state index in [4.69, 9.17) is 4.42 Å². The number of nitrogens with one attached hydrogen (secondary N) is 1. The van der Waals surface area contributed by atoms with Crippen molar-refractivity contribution in [1.82, 2.24) is 10.3 Å². The lowest BCUT2D eigenvalue weighted by molar-refractivity contribution is 0.488. The predicted molar refractivity (Wildman–Crippen MR) is 63.3 cm³/mol. The molecule has 0 saturated carbocycles. The van der Waals surface area contributed by atoms with E-state index >= 15 is 0 Å². The molecule has 0 fully saturated rings. The molecule has 1 heterocycles. The number of oxazole rings is 1. The van der Waals surface area contributed by atoms with Crippen LogP contribution in [0.3, 0.4) is 0 Å². The van der Waals surface area contributed by atoms with Gasteiger partial charge in [-0.05, 0) is 19.2 Å². The molecule has 1 atom stereocenters. The molecule has 0 saturated heterocycles. The van der Waals surface area contributed by atoms with Crippen molar-refractivity contribution in [1.29, 1.82) is 0 Å². The quantitative estimate of drug-likeness (QED) is 0.807. The number of thioether (sulfide) groups is 1. The molecule has 4 heteroatoms. The molecule has 80 valence electrons. The van der Waals surface area contributed by atoms with Crippen LogP contribution in [0.2, 0.25) is 0 Å². The van der Waals surface area contributed by atoms with Crippen LogP contribution in [0.15, 0.2) is 33.9 Å². The molecule has 1 unspecified atom stereocenters. The minimum absolute atomic E-state index is 0.461. The first kappa shape index (κ1) is 10.5. The summed E-state index contributed by atoms with van der Waals surface area (Å²) in [5.74, 6) is 0. The van der Waals surface area contributed by atoms with Crippen molar-refractivity contribution in [2.75, 3.05) is 13.6 Å². The summed E-state index contributed by atoms with van der Waals surface area (Å²) in [6, 6.07) is 7.83. The molecule has 0 amide bonds. The Morgan fingerprint density at radius 2 is 2.27 bits per heavy atom. The van der Waals surface area contributed by atoms with Crippen LogP contribution >= 0.6 is 11.8 Å². The topological polar surface area (TPSA) is 38.1 Å². The summed E-state index contributed by atoms with van der Waals surface area (Å²) in [6.45, 7) is 3.10. The zero-order valence-corrected chi connectivity index (χ0v) is 9.67. The normalized spacial score (nSPS) is 13.2. The van der Waals surface area contributed by atoms with E-state index in [0.29, 0.717) is 5.25 Å². The molecular weight excluding hydrogens is 208 g/mol. The molecule has 1 N–H and O–H groups in total. The van der Waals surface area contributed by atoms with Crippen molar-refractivity contribution < 1.29 is 4.42 Å². The van der Waals surface area contributed by atoms with Gasteiger partial charge in [-0.15, -0.1) is 0 Å². The predicted octanol–water partition coefficient (Wildman–Crippen LogP) is 2.53. The lowest BCUT2D eigenvalue weighted by Gasteiger charge is -2.05. The Bertz CT molecular complexity index is 408. The zero-order valence-electron chi connectivity index (χ0n) is 8.86. The molecule has 1 aromatic heterocycles. The Hall–Kier alpha value is -1.00. The second-order valence-corrected chi connectivity index (χ2v) is 4.82. The maximum absolute atomic E-state index is 5.61. The molecule has 0 radical (unpaired) electrons. The second-order valence-electron chi connectivity index (χ2n) is 3.43. The highest BCUT2D eigenvalue weighted by atomic mass is 32.2. The van der Waals surface area contributed by atoms with Crippen LogP contribution in [-0.2, 0) is 0 Å². The summed E-state index contributed by atoms with van der Waals surface area (Å²) < 4.78 is 5.61. The molecular formula is C11H14N2OS. The first-order valence-electron chi connectivity index (χ1n) is 4.96. The third kappa shape index (κ3) is 2.52. The van der Waals surface area contributed by atoms with Gasteiger partial charge in [-0.2, -0.15) is 0 Å². The van der Waals surface area contributed by atoms with Crippen LogP contribution < -0.4 is 5.32 Å². The Balaban J connectivity index is 2.15. The summed E-state index contributed by atoms with van der Waals surface area (Å²) in [7, 11) is 1.95. The number of fused-ring (bicyclic) bond motifs is 1. The third-order valence-corrected chi connectivity index (χ3v) is 3.01. The number of rotatable bonds is 4. The highest BCUT2D eigenvalue weighted by Gasteiger charge is 2.09. The van der Waals surface area contributed by atoms with Crippen molar-refractivity contribution in [3.63, 3.8) is 0 Å². The van der Waals surface area contributed by atoms with Gasteiger partial charge in [0.1, 0.15) is 5.52 Å². The van der Waals surface area contributed by atoms with Crippen LogP contribution in [0.25, 0.3) is 11.1 Å². The summed E-state index contributed by atoms with van der Waals surface area (Å²) in [4.78, 5) is 4.40. The average molecular weight is 222 g/mol. The fourth-order valence-corrected chi connectivity index (χ4v) is 2.29. The van der Waals surface area contributed by atoms with Crippen LogP contribution in [-0.4, -0.2) is 23.8 Å². The molecule has 0 aliphatic rings. The van der Waals surface area contributed by atoms with Crippen LogP contribution in [0.5, 0.6) is 0 Å². The molecule has 15 heavy (non-hydrogen) atoms. The minimum atomic E-state index is 0.461. The number of hydrogen-bond donors (Lipinski definition) is 1. The first-order valence-corrected chi connectivity index (χ1v) is 5.84.